The molecule has 7 nitrogen and oxygen atoms in total. The second kappa shape index (κ2) is 11.7. The van der Waals surface area contributed by atoms with Crippen LogP contribution in [0.1, 0.15) is 49.0 Å². The lowest BCUT2D eigenvalue weighted by Gasteiger charge is -2.26. The minimum atomic E-state index is -0.610. The molecule has 2 aromatic rings. The summed E-state index contributed by atoms with van der Waals surface area (Å²) in [5, 5.41) is 0.457. The second-order valence-corrected chi connectivity index (χ2v) is 9.41. The van der Waals surface area contributed by atoms with Gasteiger partial charge in [0.2, 0.25) is 0 Å². The van der Waals surface area contributed by atoms with Crippen LogP contribution in [-0.4, -0.2) is 34.0 Å². The van der Waals surface area contributed by atoms with Gasteiger partial charge in [0.15, 0.2) is 0 Å². The highest BCUT2D eigenvalue weighted by molar-refractivity contribution is 7.98. The molecule has 3 amide bonds. The first kappa shape index (κ1) is 24.5. The number of rotatable bonds is 10. The van der Waals surface area contributed by atoms with Crippen LogP contribution >= 0.6 is 11.9 Å². The number of hydroxylamine groups is 2. The summed E-state index contributed by atoms with van der Waals surface area (Å²) in [5.74, 6) is -2.46. The molecular formula is C25H28N2O5S. The van der Waals surface area contributed by atoms with E-state index in [9.17, 15) is 19.2 Å². The molecule has 0 bridgehead atoms. The molecule has 1 aliphatic rings. The van der Waals surface area contributed by atoms with E-state index in [0.29, 0.717) is 23.5 Å². The Morgan fingerprint density at radius 3 is 2.12 bits per heavy atom. The van der Waals surface area contributed by atoms with Gasteiger partial charge in [0.1, 0.15) is 0 Å². The van der Waals surface area contributed by atoms with Crippen molar-refractivity contribution in [3.05, 3.63) is 71.8 Å². The summed E-state index contributed by atoms with van der Waals surface area (Å²) in [7, 11) is 0. The highest BCUT2D eigenvalue weighted by Crippen LogP contribution is 2.28. The van der Waals surface area contributed by atoms with E-state index in [2.05, 4.69) is 4.72 Å². The molecule has 8 heteroatoms. The molecule has 1 aliphatic heterocycles. The standard InChI is InChI=1S/C25H28N2O5S/c1-17(2)21(25(31)32-27-22(28)13-14-23(27)29)16-20(15-18-9-5-3-6-10-18)33-26-24(30)19-11-7-4-8-12-19/h3-12,17,20-21H,13-16H2,1-2H3,(H,26,30). The first-order chi connectivity index (χ1) is 15.8. The van der Waals surface area contributed by atoms with E-state index in [1.807, 2.05) is 50.2 Å². The van der Waals surface area contributed by atoms with Crippen molar-refractivity contribution in [3.8, 4) is 0 Å². The first-order valence-electron chi connectivity index (χ1n) is 11.0. The molecule has 0 spiro atoms. The quantitative estimate of drug-likeness (QED) is 0.419. The van der Waals surface area contributed by atoms with E-state index in [0.717, 1.165) is 5.56 Å². The smallest absolute Gasteiger partial charge is 0.330 e. The highest BCUT2D eigenvalue weighted by Gasteiger charge is 2.36. The average Bonchev–Trinajstić information content (AvgIpc) is 3.13. The van der Waals surface area contributed by atoms with Gasteiger partial charge in [0, 0.05) is 23.7 Å². The number of hydrogen-bond acceptors (Lipinski definition) is 6. The van der Waals surface area contributed by atoms with Crippen LogP contribution in [0.25, 0.3) is 0 Å². The van der Waals surface area contributed by atoms with Gasteiger partial charge in [-0.3, -0.25) is 19.1 Å². The van der Waals surface area contributed by atoms with E-state index >= 15 is 0 Å². The summed E-state index contributed by atoms with van der Waals surface area (Å²) in [6.45, 7) is 3.79. The molecular weight excluding hydrogens is 440 g/mol. The van der Waals surface area contributed by atoms with Gasteiger partial charge in [-0.15, -0.1) is 5.06 Å². The SMILES string of the molecule is CC(C)C(CC(Cc1ccccc1)SNC(=O)c1ccccc1)C(=O)ON1C(=O)CCC1=O. The molecule has 33 heavy (non-hydrogen) atoms. The lowest BCUT2D eigenvalue weighted by Crippen LogP contribution is -2.37. The van der Waals surface area contributed by atoms with Crippen molar-refractivity contribution in [1.29, 1.82) is 0 Å². The third-order valence-electron chi connectivity index (χ3n) is 5.47. The number of nitrogens with one attached hydrogen (secondary N) is 1. The van der Waals surface area contributed by atoms with Crippen LogP contribution in [0.4, 0.5) is 0 Å². The lowest BCUT2D eigenvalue weighted by molar-refractivity contribution is -0.201. The number of carbonyl (C=O) groups excluding carboxylic acids is 4. The summed E-state index contributed by atoms with van der Waals surface area (Å²) < 4.78 is 2.90. The topological polar surface area (TPSA) is 92.8 Å². The van der Waals surface area contributed by atoms with Gasteiger partial charge in [0.25, 0.3) is 17.7 Å². The largest absolute Gasteiger partial charge is 0.336 e. The maximum atomic E-state index is 12.9. The Balaban J connectivity index is 1.71. The maximum Gasteiger partial charge on any atom is 0.336 e. The molecule has 3 rings (SSSR count). The third kappa shape index (κ3) is 6.92. The van der Waals surface area contributed by atoms with Crippen molar-refractivity contribution >= 4 is 35.6 Å². The molecule has 1 N–H and O–H groups in total. The number of imide groups is 1. The van der Waals surface area contributed by atoms with Crippen molar-refractivity contribution in [2.24, 2.45) is 11.8 Å². The summed E-state index contributed by atoms with van der Waals surface area (Å²) in [5.41, 5.74) is 1.62. The molecule has 2 unspecified atom stereocenters. The predicted molar refractivity (Wildman–Crippen MR) is 126 cm³/mol. The van der Waals surface area contributed by atoms with E-state index in [1.54, 1.807) is 24.3 Å². The number of hydrogen-bond donors (Lipinski definition) is 1. The number of benzene rings is 2. The normalized spacial score (nSPS) is 15.4. The third-order valence-corrected chi connectivity index (χ3v) is 6.47. The van der Waals surface area contributed by atoms with E-state index in [-0.39, 0.29) is 29.9 Å². The molecule has 174 valence electrons. The summed E-state index contributed by atoms with van der Waals surface area (Å²) in [4.78, 5) is 54.4. The number of amides is 3. The fourth-order valence-electron chi connectivity index (χ4n) is 3.57. The number of nitrogens with zero attached hydrogens (tertiary/aromatic N) is 1. The Kier molecular flexibility index (Phi) is 8.65. The van der Waals surface area contributed by atoms with E-state index in [4.69, 9.17) is 4.84 Å². The Morgan fingerprint density at radius 2 is 1.55 bits per heavy atom. The van der Waals surface area contributed by atoms with Crippen LogP contribution in [0.2, 0.25) is 0 Å². The van der Waals surface area contributed by atoms with Gasteiger partial charge in [-0.2, -0.15) is 0 Å². The van der Waals surface area contributed by atoms with Crippen LogP contribution in [0, 0.1) is 11.8 Å². The summed E-state index contributed by atoms with van der Waals surface area (Å²) in [6, 6.07) is 18.7. The zero-order valence-corrected chi connectivity index (χ0v) is 19.5. The average molecular weight is 469 g/mol. The van der Waals surface area contributed by atoms with Crippen LogP contribution in [-0.2, 0) is 25.6 Å². The maximum absolute atomic E-state index is 12.9. The molecule has 0 aliphatic carbocycles. The Bertz CT molecular complexity index is 965. The first-order valence-corrected chi connectivity index (χ1v) is 11.9. The van der Waals surface area contributed by atoms with Crippen LogP contribution in [0.3, 0.4) is 0 Å². The summed E-state index contributed by atoms with van der Waals surface area (Å²) >= 11 is 1.27. The molecule has 0 saturated carbocycles. The van der Waals surface area contributed by atoms with Crippen molar-refractivity contribution in [3.63, 3.8) is 0 Å². The molecule has 2 aromatic carbocycles. The molecule has 2 atom stereocenters. The molecule has 1 saturated heterocycles. The Hall–Kier alpha value is -3.13. The second-order valence-electron chi connectivity index (χ2n) is 8.31. The van der Waals surface area contributed by atoms with Crippen LogP contribution in [0.5, 0.6) is 0 Å². The minimum Gasteiger partial charge on any atom is -0.330 e. The molecule has 1 heterocycles. The van der Waals surface area contributed by atoms with Crippen LogP contribution in [0.15, 0.2) is 60.7 Å². The van der Waals surface area contributed by atoms with Gasteiger partial charge in [0.05, 0.1) is 5.92 Å². The molecule has 0 radical (unpaired) electrons. The number of carbonyl (C=O) groups is 4. The van der Waals surface area contributed by atoms with Gasteiger partial charge in [-0.05, 0) is 48.4 Å². The van der Waals surface area contributed by atoms with E-state index in [1.165, 1.54) is 11.9 Å². The van der Waals surface area contributed by atoms with Gasteiger partial charge in [-0.1, -0.05) is 62.4 Å². The molecule has 1 fully saturated rings. The fourth-order valence-corrected chi connectivity index (χ4v) is 4.55. The van der Waals surface area contributed by atoms with Crippen molar-refractivity contribution < 1.29 is 24.0 Å². The zero-order chi connectivity index (χ0) is 23.8. The predicted octanol–water partition coefficient (Wildman–Crippen LogP) is 3.95. The lowest BCUT2D eigenvalue weighted by atomic mass is 9.89. The highest BCUT2D eigenvalue weighted by atomic mass is 32.2. The van der Waals surface area contributed by atoms with Crippen molar-refractivity contribution in [2.45, 2.75) is 44.8 Å². The minimum absolute atomic E-state index is 0.0520. The van der Waals surface area contributed by atoms with Gasteiger partial charge in [-0.25, -0.2) is 4.79 Å². The van der Waals surface area contributed by atoms with Crippen molar-refractivity contribution in [1.82, 2.24) is 9.79 Å². The Labute approximate surface area is 198 Å². The van der Waals surface area contributed by atoms with Crippen molar-refractivity contribution in [2.75, 3.05) is 0 Å². The molecule has 0 aromatic heterocycles. The van der Waals surface area contributed by atoms with Gasteiger partial charge >= 0.3 is 5.97 Å². The van der Waals surface area contributed by atoms with E-state index < -0.39 is 23.7 Å². The Morgan fingerprint density at radius 1 is 0.970 bits per heavy atom. The van der Waals surface area contributed by atoms with Crippen LogP contribution < -0.4 is 4.72 Å². The monoisotopic (exact) mass is 468 g/mol. The zero-order valence-electron chi connectivity index (χ0n) is 18.7. The summed E-state index contributed by atoms with van der Waals surface area (Å²) in [6.07, 6.45) is 1.13. The fraction of sp³-hybridized carbons (Fsp3) is 0.360. The van der Waals surface area contributed by atoms with Gasteiger partial charge < -0.3 is 4.84 Å².